The van der Waals surface area contributed by atoms with E-state index in [1.807, 2.05) is 12.1 Å². The molecule has 0 bridgehead atoms. The molecule has 1 N–H and O–H groups in total. The van der Waals surface area contributed by atoms with E-state index in [1.165, 1.54) is 11.1 Å². The molecular formula is C15H15Cl2N. The van der Waals surface area contributed by atoms with Crippen LogP contribution in [0.15, 0.2) is 42.5 Å². The molecule has 94 valence electrons. The molecule has 1 nitrogen and oxygen atoms in total. The van der Waals surface area contributed by atoms with Crippen molar-refractivity contribution in [2.75, 3.05) is 5.32 Å². The van der Waals surface area contributed by atoms with Crippen LogP contribution in [0.5, 0.6) is 0 Å². The third kappa shape index (κ3) is 3.41. The molecule has 18 heavy (non-hydrogen) atoms. The summed E-state index contributed by atoms with van der Waals surface area (Å²) < 4.78 is 0. The molecule has 2 rings (SSSR count). The van der Waals surface area contributed by atoms with Crippen LogP contribution in [0.3, 0.4) is 0 Å². The summed E-state index contributed by atoms with van der Waals surface area (Å²) in [4.78, 5) is 0. The molecule has 0 spiro atoms. The number of hydrogen-bond acceptors (Lipinski definition) is 1. The van der Waals surface area contributed by atoms with Crippen molar-refractivity contribution in [3.8, 4) is 0 Å². The molecule has 0 aliphatic carbocycles. The van der Waals surface area contributed by atoms with Crippen LogP contribution in [0.4, 0.5) is 5.69 Å². The molecule has 0 aliphatic heterocycles. The predicted molar refractivity (Wildman–Crippen MR) is 79.7 cm³/mol. The maximum absolute atomic E-state index is 5.98. The summed E-state index contributed by atoms with van der Waals surface area (Å²) in [6.07, 6.45) is 0. The summed E-state index contributed by atoms with van der Waals surface area (Å²) in [7, 11) is 0. The summed E-state index contributed by atoms with van der Waals surface area (Å²) in [5.74, 6) is 0. The smallest absolute Gasteiger partial charge is 0.0485 e. The summed E-state index contributed by atoms with van der Waals surface area (Å²) in [5.41, 5.74) is 3.43. The van der Waals surface area contributed by atoms with E-state index in [2.05, 4.69) is 43.4 Å². The van der Waals surface area contributed by atoms with Crippen molar-refractivity contribution in [1.82, 2.24) is 0 Å². The Morgan fingerprint density at radius 1 is 0.944 bits per heavy atom. The van der Waals surface area contributed by atoms with E-state index in [4.69, 9.17) is 23.2 Å². The van der Waals surface area contributed by atoms with Crippen LogP contribution < -0.4 is 5.32 Å². The molecule has 2 aromatic rings. The van der Waals surface area contributed by atoms with Crippen molar-refractivity contribution in [3.63, 3.8) is 0 Å². The van der Waals surface area contributed by atoms with Gasteiger partial charge in [0.15, 0.2) is 0 Å². The number of benzene rings is 2. The van der Waals surface area contributed by atoms with Gasteiger partial charge in [0.1, 0.15) is 0 Å². The van der Waals surface area contributed by atoms with Gasteiger partial charge in [-0.1, -0.05) is 53.0 Å². The van der Waals surface area contributed by atoms with Crippen molar-refractivity contribution < 1.29 is 0 Å². The topological polar surface area (TPSA) is 12.0 Å². The number of nitrogens with one attached hydrogen (secondary N) is 1. The maximum Gasteiger partial charge on any atom is 0.0485 e. The standard InChI is InChI=1S/C15H15Cl2N/c1-10-3-5-12(6-4-10)11(2)18-15-8-13(16)7-14(17)9-15/h3-9,11,18H,1-2H3. The fourth-order valence-electron chi connectivity index (χ4n) is 1.83. The zero-order chi connectivity index (χ0) is 13.1. The Morgan fingerprint density at radius 2 is 1.50 bits per heavy atom. The largest absolute Gasteiger partial charge is 0.378 e. The Bertz CT molecular complexity index is 514. The number of anilines is 1. The monoisotopic (exact) mass is 279 g/mol. The highest BCUT2D eigenvalue weighted by molar-refractivity contribution is 6.35. The van der Waals surface area contributed by atoms with Crippen molar-refractivity contribution in [3.05, 3.63) is 63.6 Å². The second-order valence-electron chi connectivity index (χ2n) is 4.43. The van der Waals surface area contributed by atoms with Gasteiger partial charge >= 0.3 is 0 Å². The first kappa shape index (κ1) is 13.3. The van der Waals surface area contributed by atoms with Crippen LogP contribution in [0.25, 0.3) is 0 Å². The van der Waals surface area contributed by atoms with E-state index in [9.17, 15) is 0 Å². The number of rotatable bonds is 3. The molecule has 0 heterocycles. The first-order chi connectivity index (χ1) is 8.54. The van der Waals surface area contributed by atoms with E-state index in [0.717, 1.165) is 5.69 Å². The van der Waals surface area contributed by atoms with Gasteiger partial charge in [0.05, 0.1) is 0 Å². The van der Waals surface area contributed by atoms with Crippen molar-refractivity contribution in [2.45, 2.75) is 19.9 Å². The molecule has 0 radical (unpaired) electrons. The quantitative estimate of drug-likeness (QED) is 0.785. The van der Waals surface area contributed by atoms with Gasteiger partial charge in [0.25, 0.3) is 0 Å². The highest BCUT2D eigenvalue weighted by Crippen LogP contribution is 2.26. The van der Waals surface area contributed by atoms with Crippen LogP contribution in [-0.4, -0.2) is 0 Å². The lowest BCUT2D eigenvalue weighted by molar-refractivity contribution is 0.884. The predicted octanol–water partition coefficient (Wildman–Crippen LogP) is 5.47. The van der Waals surface area contributed by atoms with Gasteiger partial charge in [-0.15, -0.1) is 0 Å². The number of aryl methyl sites for hydroxylation is 1. The summed E-state index contributed by atoms with van der Waals surface area (Å²) in [6, 6.07) is 14.1. The van der Waals surface area contributed by atoms with Gasteiger partial charge in [-0.2, -0.15) is 0 Å². The Balaban J connectivity index is 2.15. The number of hydrogen-bond donors (Lipinski definition) is 1. The lowest BCUT2D eigenvalue weighted by atomic mass is 10.1. The van der Waals surface area contributed by atoms with E-state index in [0.29, 0.717) is 10.0 Å². The Hall–Kier alpha value is -1.18. The molecule has 0 saturated carbocycles. The highest BCUT2D eigenvalue weighted by Gasteiger charge is 2.06. The third-order valence-corrected chi connectivity index (χ3v) is 3.26. The minimum absolute atomic E-state index is 0.208. The van der Waals surface area contributed by atoms with Crippen molar-refractivity contribution >= 4 is 28.9 Å². The average molecular weight is 280 g/mol. The Morgan fingerprint density at radius 3 is 2.06 bits per heavy atom. The molecule has 3 heteroatoms. The third-order valence-electron chi connectivity index (χ3n) is 2.82. The molecule has 0 saturated heterocycles. The summed E-state index contributed by atoms with van der Waals surface area (Å²) in [5, 5.41) is 4.67. The van der Waals surface area contributed by atoms with Crippen LogP contribution in [-0.2, 0) is 0 Å². The normalized spacial score (nSPS) is 12.2. The van der Waals surface area contributed by atoms with Crippen molar-refractivity contribution in [1.29, 1.82) is 0 Å². The van der Waals surface area contributed by atoms with E-state index < -0.39 is 0 Å². The van der Waals surface area contributed by atoms with E-state index in [1.54, 1.807) is 6.07 Å². The summed E-state index contributed by atoms with van der Waals surface area (Å²) in [6.45, 7) is 4.19. The lowest BCUT2D eigenvalue weighted by Gasteiger charge is -2.16. The first-order valence-electron chi connectivity index (χ1n) is 5.84. The summed E-state index contributed by atoms with van der Waals surface area (Å²) >= 11 is 12.0. The van der Waals surface area contributed by atoms with Gasteiger partial charge in [0, 0.05) is 21.8 Å². The molecule has 0 amide bonds. The SMILES string of the molecule is Cc1ccc(C(C)Nc2cc(Cl)cc(Cl)c2)cc1. The molecule has 1 unspecified atom stereocenters. The second kappa shape index (κ2) is 5.64. The maximum atomic E-state index is 5.98. The minimum atomic E-state index is 0.208. The highest BCUT2D eigenvalue weighted by atomic mass is 35.5. The second-order valence-corrected chi connectivity index (χ2v) is 5.31. The lowest BCUT2D eigenvalue weighted by Crippen LogP contribution is -2.06. The molecule has 2 aromatic carbocycles. The Labute approximate surface area is 118 Å². The van der Waals surface area contributed by atoms with Gasteiger partial charge in [-0.05, 0) is 37.6 Å². The fourth-order valence-corrected chi connectivity index (χ4v) is 2.35. The molecule has 1 atom stereocenters. The molecule has 0 fully saturated rings. The molecule has 0 aliphatic rings. The Kier molecular flexibility index (Phi) is 4.15. The van der Waals surface area contributed by atoms with E-state index >= 15 is 0 Å². The van der Waals surface area contributed by atoms with Crippen LogP contribution in [0.1, 0.15) is 24.1 Å². The van der Waals surface area contributed by atoms with Crippen LogP contribution >= 0.6 is 23.2 Å². The molecular weight excluding hydrogens is 265 g/mol. The zero-order valence-corrected chi connectivity index (χ0v) is 11.9. The van der Waals surface area contributed by atoms with Crippen molar-refractivity contribution in [2.24, 2.45) is 0 Å². The van der Waals surface area contributed by atoms with Crippen LogP contribution in [0, 0.1) is 6.92 Å². The van der Waals surface area contributed by atoms with Gasteiger partial charge in [0.2, 0.25) is 0 Å². The fraction of sp³-hybridized carbons (Fsp3) is 0.200. The van der Waals surface area contributed by atoms with Crippen LogP contribution in [0.2, 0.25) is 10.0 Å². The van der Waals surface area contributed by atoms with Gasteiger partial charge in [-0.25, -0.2) is 0 Å². The minimum Gasteiger partial charge on any atom is -0.378 e. The zero-order valence-electron chi connectivity index (χ0n) is 10.4. The number of halogens is 2. The van der Waals surface area contributed by atoms with Gasteiger partial charge < -0.3 is 5.32 Å². The average Bonchev–Trinajstić information content (AvgIpc) is 2.28. The first-order valence-corrected chi connectivity index (χ1v) is 6.59. The molecule has 0 aromatic heterocycles. The van der Waals surface area contributed by atoms with Gasteiger partial charge in [-0.3, -0.25) is 0 Å². The van der Waals surface area contributed by atoms with E-state index in [-0.39, 0.29) is 6.04 Å².